The Labute approximate surface area is 166 Å². The van der Waals surface area contributed by atoms with Gasteiger partial charge in [0, 0.05) is 4.90 Å². The van der Waals surface area contributed by atoms with Gasteiger partial charge < -0.3 is 10.2 Å². The summed E-state index contributed by atoms with van der Waals surface area (Å²) in [6, 6.07) is 8.78. The molecule has 0 aliphatic rings. The molecular formula is C18H6N4O4S2. The maximum Gasteiger partial charge on any atom is 0.338 e. The first-order chi connectivity index (χ1) is 13.4. The lowest BCUT2D eigenvalue weighted by atomic mass is 10.0. The van der Waals surface area contributed by atoms with E-state index in [4.69, 9.17) is 23.7 Å². The lowest BCUT2D eigenvalue weighted by Gasteiger charge is -2.08. The smallest absolute Gasteiger partial charge is 0.338 e. The fourth-order valence-corrected chi connectivity index (χ4v) is 4.20. The minimum Gasteiger partial charge on any atom is -0.479 e. The molecule has 2 aromatic rings. The van der Waals surface area contributed by atoms with Gasteiger partial charge in [0.05, 0.1) is 35.4 Å². The van der Waals surface area contributed by atoms with E-state index in [9.17, 15) is 19.8 Å². The maximum atomic E-state index is 11.3. The van der Waals surface area contributed by atoms with Crippen LogP contribution >= 0.6 is 21.6 Å². The average molecular weight is 406 g/mol. The molecular weight excluding hydrogens is 400 g/mol. The molecule has 134 valence electrons. The van der Waals surface area contributed by atoms with Crippen molar-refractivity contribution in [3.8, 4) is 12.1 Å². The lowest BCUT2D eigenvalue weighted by molar-refractivity contribution is 0.0686. The van der Waals surface area contributed by atoms with E-state index in [0.717, 1.165) is 21.6 Å². The Morgan fingerprint density at radius 2 is 1.21 bits per heavy atom. The molecule has 2 N–H and O–H groups in total. The second-order valence-electron chi connectivity index (χ2n) is 4.95. The van der Waals surface area contributed by atoms with Crippen LogP contribution in [0.5, 0.6) is 0 Å². The van der Waals surface area contributed by atoms with E-state index in [-0.39, 0.29) is 33.6 Å². The number of benzene rings is 2. The zero-order valence-electron chi connectivity index (χ0n) is 13.6. The molecule has 0 fully saturated rings. The van der Waals surface area contributed by atoms with Crippen molar-refractivity contribution >= 4 is 44.9 Å². The molecule has 0 amide bonds. The Morgan fingerprint density at radius 1 is 0.821 bits per heavy atom. The van der Waals surface area contributed by atoms with E-state index in [1.807, 2.05) is 0 Å². The highest BCUT2D eigenvalue weighted by atomic mass is 33.1. The predicted octanol–water partition coefficient (Wildman–Crippen LogP) is 4.73. The largest absolute Gasteiger partial charge is 0.479 e. The summed E-state index contributed by atoms with van der Waals surface area (Å²) >= 11 is 0. The van der Waals surface area contributed by atoms with Gasteiger partial charge in [0.25, 0.3) is 0 Å². The Hall–Kier alpha value is -3.96. The SMILES string of the molecule is [C-]#[N+]c1cc(SSc2cc(C#N)c(C(=O)O)c(C#N)c2)cc([N+]#[C-])c1C(=O)O. The first kappa shape index (κ1) is 20.4. The van der Waals surface area contributed by atoms with Gasteiger partial charge in [-0.3, -0.25) is 0 Å². The van der Waals surface area contributed by atoms with Gasteiger partial charge in [0.15, 0.2) is 11.4 Å². The van der Waals surface area contributed by atoms with E-state index in [1.54, 1.807) is 12.1 Å². The standard InChI is InChI=1S/C18H6N4O4S2/c1-21-13-5-12(6-14(22-2)16(13)18(25)26)28-27-11-3-9(7-19)15(17(23)24)10(4-11)8-20/h3-6H,(H,23,24)(H,25,26). The Morgan fingerprint density at radius 3 is 1.54 bits per heavy atom. The van der Waals surface area contributed by atoms with Crippen molar-refractivity contribution in [3.05, 3.63) is 69.4 Å². The fourth-order valence-electron chi connectivity index (χ4n) is 2.20. The number of aromatic carboxylic acids is 2. The molecule has 0 aromatic heterocycles. The number of hydrogen-bond acceptors (Lipinski definition) is 6. The molecule has 2 rings (SSSR count). The van der Waals surface area contributed by atoms with Crippen LogP contribution in [0.2, 0.25) is 0 Å². The highest BCUT2D eigenvalue weighted by Crippen LogP contribution is 2.43. The summed E-state index contributed by atoms with van der Waals surface area (Å²) in [7, 11) is 2.15. The number of carbonyl (C=O) groups is 2. The number of carboxylic acids is 2. The molecule has 0 saturated carbocycles. The van der Waals surface area contributed by atoms with Gasteiger partial charge in [-0.05, 0) is 29.2 Å². The third-order valence-corrected chi connectivity index (χ3v) is 5.67. The number of carboxylic acid groups (broad SMARTS) is 2. The zero-order chi connectivity index (χ0) is 20.8. The van der Waals surface area contributed by atoms with Crippen LogP contribution < -0.4 is 0 Å². The van der Waals surface area contributed by atoms with Crippen LogP contribution in [0.25, 0.3) is 9.69 Å². The minimum absolute atomic E-state index is 0.167. The summed E-state index contributed by atoms with van der Waals surface area (Å²) in [6.45, 7) is 14.3. The van der Waals surface area contributed by atoms with E-state index in [2.05, 4.69) is 9.69 Å². The van der Waals surface area contributed by atoms with Crippen LogP contribution in [0.15, 0.2) is 34.1 Å². The molecule has 0 spiro atoms. The van der Waals surface area contributed by atoms with Gasteiger partial charge in [-0.2, -0.15) is 10.5 Å². The van der Waals surface area contributed by atoms with Gasteiger partial charge in [0.2, 0.25) is 0 Å². The van der Waals surface area contributed by atoms with Crippen LogP contribution in [-0.2, 0) is 0 Å². The van der Waals surface area contributed by atoms with Crippen molar-refractivity contribution < 1.29 is 19.8 Å². The first-order valence-electron chi connectivity index (χ1n) is 7.08. The summed E-state index contributed by atoms with van der Waals surface area (Å²) in [5, 5.41) is 36.7. The van der Waals surface area contributed by atoms with E-state index >= 15 is 0 Å². The second-order valence-corrected chi connectivity index (χ2v) is 7.23. The molecule has 28 heavy (non-hydrogen) atoms. The first-order valence-corrected chi connectivity index (χ1v) is 9.23. The van der Waals surface area contributed by atoms with E-state index < -0.39 is 11.9 Å². The van der Waals surface area contributed by atoms with Crippen LogP contribution in [0.4, 0.5) is 11.4 Å². The molecule has 0 aliphatic carbocycles. The Kier molecular flexibility index (Phi) is 6.26. The van der Waals surface area contributed by atoms with Crippen LogP contribution in [0.1, 0.15) is 31.8 Å². The topological polar surface area (TPSA) is 131 Å². The number of nitriles is 2. The lowest BCUT2D eigenvalue weighted by Crippen LogP contribution is -2.04. The van der Waals surface area contributed by atoms with Crippen molar-refractivity contribution in [2.24, 2.45) is 0 Å². The van der Waals surface area contributed by atoms with Gasteiger partial charge in [-0.15, -0.1) is 0 Å². The van der Waals surface area contributed by atoms with E-state index in [1.165, 1.54) is 24.3 Å². The minimum atomic E-state index is -1.38. The molecule has 0 bridgehead atoms. The van der Waals surface area contributed by atoms with Crippen LogP contribution in [0, 0.1) is 35.8 Å². The van der Waals surface area contributed by atoms with Crippen molar-refractivity contribution in [2.75, 3.05) is 0 Å². The second kappa shape index (κ2) is 8.62. The molecule has 0 unspecified atom stereocenters. The molecule has 0 heterocycles. The van der Waals surface area contributed by atoms with Crippen LogP contribution in [-0.4, -0.2) is 22.2 Å². The number of nitrogens with zero attached hydrogens (tertiary/aromatic N) is 4. The highest BCUT2D eigenvalue weighted by Gasteiger charge is 2.19. The number of rotatable bonds is 5. The Bertz CT molecular complexity index is 1020. The molecule has 0 aliphatic heterocycles. The van der Waals surface area contributed by atoms with Gasteiger partial charge in [0.1, 0.15) is 12.1 Å². The third kappa shape index (κ3) is 4.06. The van der Waals surface area contributed by atoms with Gasteiger partial charge >= 0.3 is 11.9 Å². The van der Waals surface area contributed by atoms with Crippen LogP contribution in [0.3, 0.4) is 0 Å². The van der Waals surface area contributed by atoms with Crippen molar-refractivity contribution in [2.45, 2.75) is 9.79 Å². The molecule has 0 atom stereocenters. The Balaban J connectivity index is 2.43. The van der Waals surface area contributed by atoms with Crippen molar-refractivity contribution in [1.82, 2.24) is 0 Å². The summed E-state index contributed by atoms with van der Waals surface area (Å²) in [4.78, 5) is 29.7. The molecule has 0 saturated heterocycles. The summed E-state index contributed by atoms with van der Waals surface area (Å²) < 4.78 is 0. The molecule has 8 nitrogen and oxygen atoms in total. The number of hydrogen-bond donors (Lipinski definition) is 2. The normalized spacial score (nSPS) is 9.43. The maximum absolute atomic E-state index is 11.3. The van der Waals surface area contributed by atoms with E-state index in [0.29, 0.717) is 9.79 Å². The zero-order valence-corrected chi connectivity index (χ0v) is 15.3. The summed E-state index contributed by atoms with van der Waals surface area (Å²) in [5.41, 5.74) is -1.44. The highest BCUT2D eigenvalue weighted by molar-refractivity contribution is 8.76. The molecule has 10 heteroatoms. The van der Waals surface area contributed by atoms with Crippen molar-refractivity contribution in [3.63, 3.8) is 0 Å². The summed E-state index contributed by atoms with van der Waals surface area (Å²) in [5.74, 6) is -2.76. The monoisotopic (exact) mass is 406 g/mol. The van der Waals surface area contributed by atoms with Gasteiger partial charge in [-0.25, -0.2) is 19.3 Å². The van der Waals surface area contributed by atoms with Crippen molar-refractivity contribution in [1.29, 1.82) is 10.5 Å². The third-order valence-electron chi connectivity index (χ3n) is 3.33. The molecule has 0 radical (unpaired) electrons. The van der Waals surface area contributed by atoms with Gasteiger partial charge in [-0.1, -0.05) is 21.6 Å². The predicted molar refractivity (Wildman–Crippen MR) is 100 cm³/mol. The summed E-state index contributed by atoms with van der Waals surface area (Å²) in [6.07, 6.45) is 0. The molecule has 2 aromatic carbocycles. The quantitative estimate of drug-likeness (QED) is 0.538. The fraction of sp³-hybridized carbons (Fsp3) is 0. The average Bonchev–Trinajstić information content (AvgIpc) is 2.69.